The summed E-state index contributed by atoms with van der Waals surface area (Å²) in [5, 5.41) is 7.24. The van der Waals surface area contributed by atoms with Gasteiger partial charge in [0.25, 0.3) is 0 Å². The van der Waals surface area contributed by atoms with Crippen LogP contribution < -0.4 is 21.1 Å². The van der Waals surface area contributed by atoms with Crippen LogP contribution in [-0.2, 0) is 6.54 Å². The Hall–Kier alpha value is -2.37. The summed E-state index contributed by atoms with van der Waals surface area (Å²) in [6.07, 6.45) is 2.24. The number of methoxy groups -OCH3 is 1. The van der Waals surface area contributed by atoms with Gasteiger partial charge in [0.1, 0.15) is 5.75 Å². The first-order chi connectivity index (χ1) is 12.2. The Morgan fingerprint density at radius 1 is 1.28 bits per heavy atom. The van der Waals surface area contributed by atoms with Crippen LogP contribution in [0.3, 0.4) is 0 Å². The van der Waals surface area contributed by atoms with E-state index in [1.165, 1.54) is 5.56 Å². The molecular weight excluding hydrogens is 314 g/mol. The van der Waals surface area contributed by atoms with Crippen LogP contribution in [0.25, 0.3) is 0 Å². The molecule has 5 heteroatoms. The molecule has 0 saturated carbocycles. The molecule has 2 atom stereocenters. The van der Waals surface area contributed by atoms with Crippen molar-refractivity contribution in [2.75, 3.05) is 13.7 Å². The van der Waals surface area contributed by atoms with Gasteiger partial charge in [0.15, 0.2) is 0 Å². The summed E-state index contributed by atoms with van der Waals surface area (Å²) in [7, 11) is 1.64. The van der Waals surface area contributed by atoms with Crippen molar-refractivity contribution in [3.05, 3.63) is 65.2 Å². The van der Waals surface area contributed by atoms with E-state index in [4.69, 9.17) is 10.5 Å². The van der Waals surface area contributed by atoms with Gasteiger partial charge in [-0.3, -0.25) is 4.79 Å². The lowest BCUT2D eigenvalue weighted by Gasteiger charge is -2.34. The standard InChI is InChI=1S/C20H25N3O2/c1-25-18-10-9-15(20(21)24)12-16(18)13-23-17-8-5-11-22-19(17)14-6-3-2-4-7-14/h2-4,6-7,9-10,12,17,19,22-23H,5,8,11,13H2,1H3,(H2,21,24)/t17-,19+/m0/s1. The van der Waals surface area contributed by atoms with Gasteiger partial charge in [0.05, 0.1) is 7.11 Å². The molecule has 132 valence electrons. The molecule has 0 bridgehead atoms. The van der Waals surface area contributed by atoms with Crippen LogP contribution in [0.2, 0.25) is 0 Å². The second-order valence-corrected chi connectivity index (χ2v) is 6.36. The fourth-order valence-corrected chi connectivity index (χ4v) is 3.43. The zero-order chi connectivity index (χ0) is 17.6. The quantitative estimate of drug-likeness (QED) is 0.755. The lowest BCUT2D eigenvalue weighted by atomic mass is 9.92. The van der Waals surface area contributed by atoms with Gasteiger partial charge < -0.3 is 21.1 Å². The van der Waals surface area contributed by atoms with Gasteiger partial charge in [0.2, 0.25) is 5.91 Å². The third-order valence-corrected chi connectivity index (χ3v) is 4.74. The van der Waals surface area contributed by atoms with Crippen LogP contribution in [0, 0.1) is 0 Å². The zero-order valence-corrected chi connectivity index (χ0v) is 14.5. The van der Waals surface area contributed by atoms with Gasteiger partial charge >= 0.3 is 0 Å². The molecule has 0 radical (unpaired) electrons. The lowest BCUT2D eigenvalue weighted by Crippen LogP contribution is -2.45. The van der Waals surface area contributed by atoms with Crippen molar-refractivity contribution in [3.63, 3.8) is 0 Å². The molecule has 4 N–H and O–H groups in total. The van der Waals surface area contributed by atoms with Crippen molar-refractivity contribution in [3.8, 4) is 5.75 Å². The van der Waals surface area contributed by atoms with Crippen molar-refractivity contribution in [1.29, 1.82) is 0 Å². The monoisotopic (exact) mass is 339 g/mol. The fourth-order valence-electron chi connectivity index (χ4n) is 3.43. The second kappa shape index (κ2) is 8.14. The summed E-state index contributed by atoms with van der Waals surface area (Å²) in [5.41, 5.74) is 8.13. The largest absolute Gasteiger partial charge is 0.496 e. The average molecular weight is 339 g/mol. The van der Waals surface area contributed by atoms with Crippen LogP contribution in [0.15, 0.2) is 48.5 Å². The van der Waals surface area contributed by atoms with E-state index in [1.54, 1.807) is 19.2 Å². The van der Waals surface area contributed by atoms with E-state index in [0.717, 1.165) is 30.7 Å². The van der Waals surface area contributed by atoms with Crippen LogP contribution >= 0.6 is 0 Å². The Labute approximate surface area is 148 Å². The van der Waals surface area contributed by atoms with Crippen molar-refractivity contribution >= 4 is 5.91 Å². The van der Waals surface area contributed by atoms with E-state index >= 15 is 0 Å². The first-order valence-corrected chi connectivity index (χ1v) is 8.67. The maximum absolute atomic E-state index is 11.4. The molecule has 5 nitrogen and oxygen atoms in total. The number of hydrogen-bond donors (Lipinski definition) is 3. The Morgan fingerprint density at radius 3 is 2.80 bits per heavy atom. The third-order valence-electron chi connectivity index (χ3n) is 4.74. The molecule has 0 spiro atoms. The summed E-state index contributed by atoms with van der Waals surface area (Å²) in [6.45, 7) is 1.65. The van der Waals surface area contributed by atoms with Crippen molar-refractivity contribution in [2.24, 2.45) is 5.73 Å². The molecule has 0 unspecified atom stereocenters. The SMILES string of the molecule is COc1ccc(C(N)=O)cc1CN[C@H]1CCCN[C@@H]1c1ccccc1. The first kappa shape index (κ1) is 17.5. The van der Waals surface area contributed by atoms with Crippen molar-refractivity contribution < 1.29 is 9.53 Å². The number of rotatable bonds is 6. The number of nitrogens with two attached hydrogens (primary N) is 1. The zero-order valence-electron chi connectivity index (χ0n) is 14.5. The van der Waals surface area contributed by atoms with E-state index in [1.807, 2.05) is 12.1 Å². The Morgan fingerprint density at radius 2 is 2.08 bits per heavy atom. The molecule has 1 amide bonds. The number of hydrogen-bond acceptors (Lipinski definition) is 4. The molecule has 1 fully saturated rings. The highest BCUT2D eigenvalue weighted by Crippen LogP contribution is 2.25. The topological polar surface area (TPSA) is 76.4 Å². The maximum Gasteiger partial charge on any atom is 0.248 e. The van der Waals surface area contributed by atoms with Gasteiger partial charge in [-0.25, -0.2) is 0 Å². The molecule has 3 rings (SSSR count). The highest BCUT2D eigenvalue weighted by molar-refractivity contribution is 5.93. The second-order valence-electron chi connectivity index (χ2n) is 6.36. The predicted molar refractivity (Wildman–Crippen MR) is 98.6 cm³/mol. The predicted octanol–water partition coefficient (Wildman–Crippen LogP) is 2.38. The summed E-state index contributed by atoms with van der Waals surface area (Å²) in [5.74, 6) is 0.336. The lowest BCUT2D eigenvalue weighted by molar-refractivity contribution is 0.1000. The average Bonchev–Trinajstić information content (AvgIpc) is 2.67. The highest BCUT2D eigenvalue weighted by Gasteiger charge is 2.25. The van der Waals surface area contributed by atoms with E-state index in [-0.39, 0.29) is 6.04 Å². The molecule has 2 aromatic carbocycles. The number of nitrogens with one attached hydrogen (secondary N) is 2. The van der Waals surface area contributed by atoms with Crippen LogP contribution in [0.5, 0.6) is 5.75 Å². The third kappa shape index (κ3) is 4.18. The van der Waals surface area contributed by atoms with Gasteiger partial charge in [-0.05, 0) is 43.1 Å². The summed E-state index contributed by atoms with van der Waals surface area (Å²) in [6, 6.07) is 16.4. The number of benzene rings is 2. The molecule has 25 heavy (non-hydrogen) atoms. The van der Waals surface area contributed by atoms with Gasteiger partial charge in [-0.2, -0.15) is 0 Å². The maximum atomic E-state index is 11.4. The summed E-state index contributed by atoms with van der Waals surface area (Å²) in [4.78, 5) is 11.4. The van der Waals surface area contributed by atoms with Gasteiger partial charge in [-0.1, -0.05) is 30.3 Å². The Balaban J connectivity index is 1.75. The molecular formula is C20H25N3O2. The molecule has 0 aromatic heterocycles. The van der Waals surface area contributed by atoms with E-state index in [0.29, 0.717) is 18.2 Å². The fraction of sp³-hybridized carbons (Fsp3) is 0.350. The van der Waals surface area contributed by atoms with E-state index < -0.39 is 5.91 Å². The van der Waals surface area contributed by atoms with Crippen molar-refractivity contribution in [1.82, 2.24) is 10.6 Å². The van der Waals surface area contributed by atoms with Gasteiger partial charge in [-0.15, -0.1) is 0 Å². The highest BCUT2D eigenvalue weighted by atomic mass is 16.5. The Kier molecular flexibility index (Phi) is 5.68. The number of ether oxygens (including phenoxy) is 1. The van der Waals surface area contributed by atoms with E-state index in [2.05, 4.69) is 34.9 Å². The minimum absolute atomic E-state index is 0.278. The molecule has 1 saturated heterocycles. The first-order valence-electron chi connectivity index (χ1n) is 8.67. The van der Waals surface area contributed by atoms with Crippen LogP contribution in [0.4, 0.5) is 0 Å². The number of amides is 1. The minimum Gasteiger partial charge on any atom is -0.496 e. The minimum atomic E-state index is -0.426. The Bertz CT molecular complexity index is 718. The number of carbonyl (C=O) groups excluding carboxylic acids is 1. The molecule has 1 heterocycles. The summed E-state index contributed by atoms with van der Waals surface area (Å²) >= 11 is 0. The molecule has 1 aliphatic heterocycles. The van der Waals surface area contributed by atoms with Crippen LogP contribution in [-0.4, -0.2) is 25.6 Å². The molecule has 0 aliphatic carbocycles. The summed E-state index contributed by atoms with van der Waals surface area (Å²) < 4.78 is 5.42. The number of piperidine rings is 1. The number of carbonyl (C=O) groups is 1. The number of primary amides is 1. The van der Waals surface area contributed by atoms with Crippen LogP contribution in [0.1, 0.15) is 40.4 Å². The molecule has 2 aromatic rings. The normalized spacial score (nSPS) is 20.2. The van der Waals surface area contributed by atoms with E-state index in [9.17, 15) is 4.79 Å². The molecule has 1 aliphatic rings. The smallest absolute Gasteiger partial charge is 0.248 e. The van der Waals surface area contributed by atoms with Gasteiger partial charge in [0, 0.05) is 29.8 Å². The van der Waals surface area contributed by atoms with Crippen molar-refractivity contribution in [2.45, 2.75) is 31.5 Å².